The standard InChI is InChI=1S/C15H29N3O2/c1-15(2,3)14(20)17-8-5-13(19)18-9-6-12(7-10-18)11-16-4/h12,16H,5-11H2,1-4H3,(H,17,20). The van der Waals surface area contributed by atoms with E-state index in [1.807, 2.05) is 32.7 Å². The third-order valence-corrected chi connectivity index (χ3v) is 3.77. The van der Waals surface area contributed by atoms with E-state index in [0.29, 0.717) is 18.9 Å². The number of hydrogen-bond acceptors (Lipinski definition) is 3. The molecule has 0 aromatic heterocycles. The molecule has 5 nitrogen and oxygen atoms in total. The summed E-state index contributed by atoms with van der Waals surface area (Å²) in [5, 5.41) is 6.02. The molecule has 1 fully saturated rings. The van der Waals surface area contributed by atoms with Crippen LogP contribution in [0.2, 0.25) is 0 Å². The van der Waals surface area contributed by atoms with Gasteiger partial charge in [0.05, 0.1) is 0 Å². The summed E-state index contributed by atoms with van der Waals surface area (Å²) in [4.78, 5) is 25.7. The Morgan fingerprint density at radius 2 is 1.80 bits per heavy atom. The van der Waals surface area contributed by atoms with Crippen LogP contribution in [-0.2, 0) is 9.59 Å². The number of piperidine rings is 1. The summed E-state index contributed by atoms with van der Waals surface area (Å²) in [6.07, 6.45) is 2.54. The smallest absolute Gasteiger partial charge is 0.225 e. The second kappa shape index (κ2) is 7.62. The number of amides is 2. The molecule has 0 spiro atoms. The van der Waals surface area contributed by atoms with Gasteiger partial charge in [0.1, 0.15) is 0 Å². The molecule has 116 valence electrons. The first-order chi connectivity index (χ1) is 9.34. The van der Waals surface area contributed by atoms with Gasteiger partial charge in [-0.05, 0) is 32.4 Å². The molecular weight excluding hydrogens is 254 g/mol. The summed E-state index contributed by atoms with van der Waals surface area (Å²) in [5.41, 5.74) is -0.394. The molecule has 1 aliphatic rings. The Labute approximate surface area is 122 Å². The molecule has 1 saturated heterocycles. The minimum absolute atomic E-state index is 0.00183. The van der Waals surface area contributed by atoms with Crippen molar-refractivity contribution >= 4 is 11.8 Å². The molecular formula is C15H29N3O2. The maximum Gasteiger partial charge on any atom is 0.225 e. The lowest BCUT2D eigenvalue weighted by atomic mass is 9.95. The number of carbonyl (C=O) groups excluding carboxylic acids is 2. The molecule has 0 radical (unpaired) electrons. The summed E-state index contributed by atoms with van der Waals surface area (Å²) in [5.74, 6) is 0.838. The third kappa shape index (κ3) is 5.49. The molecule has 0 saturated carbocycles. The topological polar surface area (TPSA) is 61.4 Å². The van der Waals surface area contributed by atoms with Gasteiger partial charge in [-0.15, -0.1) is 0 Å². The Bertz CT molecular complexity index is 329. The van der Waals surface area contributed by atoms with Crippen molar-refractivity contribution in [3.63, 3.8) is 0 Å². The van der Waals surface area contributed by atoms with Gasteiger partial charge in [-0.1, -0.05) is 20.8 Å². The van der Waals surface area contributed by atoms with Gasteiger partial charge in [0, 0.05) is 31.5 Å². The Morgan fingerprint density at radius 3 is 2.30 bits per heavy atom. The summed E-state index contributed by atoms with van der Waals surface area (Å²) in [6, 6.07) is 0. The minimum atomic E-state index is -0.394. The summed E-state index contributed by atoms with van der Waals surface area (Å²) >= 11 is 0. The van der Waals surface area contributed by atoms with Crippen LogP contribution in [0.5, 0.6) is 0 Å². The first-order valence-electron chi connectivity index (χ1n) is 7.55. The van der Waals surface area contributed by atoms with E-state index in [0.717, 1.165) is 32.5 Å². The molecule has 20 heavy (non-hydrogen) atoms. The van der Waals surface area contributed by atoms with Crippen molar-refractivity contribution in [1.82, 2.24) is 15.5 Å². The number of hydrogen-bond donors (Lipinski definition) is 2. The normalized spacial score (nSPS) is 17.1. The molecule has 0 aromatic rings. The van der Waals surface area contributed by atoms with Crippen LogP contribution in [0.1, 0.15) is 40.0 Å². The van der Waals surface area contributed by atoms with Crippen molar-refractivity contribution in [1.29, 1.82) is 0 Å². The summed E-state index contributed by atoms with van der Waals surface area (Å²) in [6.45, 7) is 8.77. The lowest BCUT2D eigenvalue weighted by molar-refractivity contribution is -0.133. The largest absolute Gasteiger partial charge is 0.355 e. The number of nitrogens with zero attached hydrogens (tertiary/aromatic N) is 1. The zero-order valence-electron chi connectivity index (χ0n) is 13.3. The quantitative estimate of drug-likeness (QED) is 0.791. The Hall–Kier alpha value is -1.10. The van der Waals surface area contributed by atoms with Crippen LogP contribution >= 0.6 is 0 Å². The highest BCUT2D eigenvalue weighted by Gasteiger charge is 2.23. The van der Waals surface area contributed by atoms with Crippen LogP contribution < -0.4 is 10.6 Å². The fourth-order valence-corrected chi connectivity index (χ4v) is 2.38. The van der Waals surface area contributed by atoms with Crippen LogP contribution in [0.4, 0.5) is 0 Å². The van der Waals surface area contributed by atoms with Crippen molar-refractivity contribution < 1.29 is 9.59 Å². The van der Waals surface area contributed by atoms with Crippen molar-refractivity contribution in [3.8, 4) is 0 Å². The van der Waals surface area contributed by atoms with E-state index >= 15 is 0 Å². The van der Waals surface area contributed by atoms with Gasteiger partial charge in [-0.3, -0.25) is 9.59 Å². The highest BCUT2D eigenvalue weighted by atomic mass is 16.2. The summed E-state index contributed by atoms with van der Waals surface area (Å²) in [7, 11) is 1.97. The maximum absolute atomic E-state index is 12.1. The van der Waals surface area contributed by atoms with Gasteiger partial charge >= 0.3 is 0 Å². The molecule has 0 unspecified atom stereocenters. The van der Waals surface area contributed by atoms with E-state index in [2.05, 4.69) is 10.6 Å². The molecule has 1 rings (SSSR count). The van der Waals surface area contributed by atoms with Gasteiger partial charge in [-0.2, -0.15) is 0 Å². The lowest BCUT2D eigenvalue weighted by Gasteiger charge is -2.32. The van der Waals surface area contributed by atoms with E-state index in [1.54, 1.807) is 0 Å². The van der Waals surface area contributed by atoms with E-state index in [1.165, 1.54) is 0 Å². The summed E-state index contributed by atoms with van der Waals surface area (Å²) < 4.78 is 0. The zero-order chi connectivity index (χ0) is 15.2. The molecule has 0 bridgehead atoms. The number of rotatable bonds is 5. The highest BCUT2D eigenvalue weighted by molar-refractivity contribution is 5.82. The fourth-order valence-electron chi connectivity index (χ4n) is 2.38. The number of likely N-dealkylation sites (tertiary alicyclic amines) is 1. The predicted molar refractivity (Wildman–Crippen MR) is 80.3 cm³/mol. The monoisotopic (exact) mass is 283 g/mol. The van der Waals surface area contributed by atoms with Crippen LogP contribution in [0, 0.1) is 11.3 Å². The molecule has 1 heterocycles. The average molecular weight is 283 g/mol. The average Bonchev–Trinajstić information content (AvgIpc) is 2.38. The second-order valence-electron chi connectivity index (χ2n) is 6.64. The van der Waals surface area contributed by atoms with Gasteiger partial charge in [0.25, 0.3) is 0 Å². The molecule has 5 heteroatoms. The van der Waals surface area contributed by atoms with Crippen LogP contribution in [0.25, 0.3) is 0 Å². The van der Waals surface area contributed by atoms with Gasteiger partial charge < -0.3 is 15.5 Å². The first-order valence-corrected chi connectivity index (χ1v) is 7.55. The first kappa shape index (κ1) is 17.0. The van der Waals surface area contributed by atoms with E-state index in [9.17, 15) is 9.59 Å². The Morgan fingerprint density at radius 1 is 1.20 bits per heavy atom. The Kier molecular flexibility index (Phi) is 6.46. The predicted octanol–water partition coefficient (Wildman–Crippen LogP) is 0.997. The lowest BCUT2D eigenvalue weighted by Crippen LogP contribution is -2.42. The van der Waals surface area contributed by atoms with Crippen molar-refractivity contribution in [3.05, 3.63) is 0 Å². The molecule has 0 aromatic carbocycles. The number of nitrogens with one attached hydrogen (secondary N) is 2. The van der Waals surface area contributed by atoms with Crippen molar-refractivity contribution in [2.75, 3.05) is 33.2 Å². The van der Waals surface area contributed by atoms with Gasteiger partial charge in [0.15, 0.2) is 0 Å². The number of carbonyl (C=O) groups is 2. The van der Waals surface area contributed by atoms with E-state index in [-0.39, 0.29) is 11.8 Å². The molecule has 2 amide bonds. The Balaban J connectivity index is 2.23. The van der Waals surface area contributed by atoms with E-state index in [4.69, 9.17) is 0 Å². The second-order valence-corrected chi connectivity index (χ2v) is 6.64. The fraction of sp³-hybridized carbons (Fsp3) is 0.867. The maximum atomic E-state index is 12.1. The van der Waals surface area contributed by atoms with Gasteiger partial charge in [-0.25, -0.2) is 0 Å². The minimum Gasteiger partial charge on any atom is -0.355 e. The van der Waals surface area contributed by atoms with Crippen LogP contribution in [0.15, 0.2) is 0 Å². The van der Waals surface area contributed by atoms with E-state index < -0.39 is 5.41 Å². The third-order valence-electron chi connectivity index (χ3n) is 3.77. The molecule has 1 aliphatic heterocycles. The molecule has 2 N–H and O–H groups in total. The van der Waals surface area contributed by atoms with Crippen molar-refractivity contribution in [2.45, 2.75) is 40.0 Å². The van der Waals surface area contributed by atoms with Gasteiger partial charge in [0.2, 0.25) is 11.8 Å². The zero-order valence-corrected chi connectivity index (χ0v) is 13.3. The van der Waals surface area contributed by atoms with Crippen molar-refractivity contribution in [2.24, 2.45) is 11.3 Å². The van der Waals surface area contributed by atoms with Crippen LogP contribution in [-0.4, -0.2) is 49.9 Å². The molecule has 0 atom stereocenters. The highest BCUT2D eigenvalue weighted by Crippen LogP contribution is 2.17. The molecule has 0 aliphatic carbocycles. The van der Waals surface area contributed by atoms with Crippen LogP contribution in [0.3, 0.4) is 0 Å². The SMILES string of the molecule is CNCC1CCN(C(=O)CCNC(=O)C(C)(C)C)CC1.